The zero-order valence-electron chi connectivity index (χ0n) is 8.22. The van der Waals surface area contributed by atoms with Gasteiger partial charge in [0.15, 0.2) is 0 Å². The fourth-order valence-corrected chi connectivity index (χ4v) is 1.37. The molecule has 0 atom stereocenters. The minimum Gasteiger partial charge on any atom is -0.465 e. The van der Waals surface area contributed by atoms with Crippen molar-refractivity contribution in [3.05, 3.63) is 28.5 Å². The van der Waals surface area contributed by atoms with Gasteiger partial charge >= 0.3 is 5.97 Å². The van der Waals surface area contributed by atoms with Gasteiger partial charge in [-0.25, -0.2) is 4.39 Å². The normalized spacial score (nSPS) is 9.80. The van der Waals surface area contributed by atoms with Crippen LogP contribution < -0.4 is 5.32 Å². The van der Waals surface area contributed by atoms with Crippen molar-refractivity contribution in [2.24, 2.45) is 0 Å². The van der Waals surface area contributed by atoms with E-state index in [2.05, 4.69) is 21.2 Å². The lowest BCUT2D eigenvalue weighted by atomic mass is 10.3. The Labute approximate surface area is 95.7 Å². The largest absolute Gasteiger partial charge is 0.465 e. The first kappa shape index (κ1) is 12.0. The van der Waals surface area contributed by atoms with Crippen molar-refractivity contribution in [3.63, 3.8) is 0 Å². The number of benzene rings is 1. The Morgan fingerprint density at radius 3 is 3.00 bits per heavy atom. The molecule has 0 heterocycles. The molecular formula is C10H11BrFNO2. The molecule has 0 bridgehead atoms. The lowest BCUT2D eigenvalue weighted by Gasteiger charge is -2.07. The van der Waals surface area contributed by atoms with Gasteiger partial charge in [0.05, 0.1) is 12.3 Å². The third-order valence-corrected chi connectivity index (χ3v) is 2.15. The first-order valence-electron chi connectivity index (χ1n) is 4.48. The van der Waals surface area contributed by atoms with Gasteiger partial charge in [-0.3, -0.25) is 4.79 Å². The van der Waals surface area contributed by atoms with Gasteiger partial charge < -0.3 is 10.1 Å². The van der Waals surface area contributed by atoms with E-state index in [1.807, 2.05) is 0 Å². The van der Waals surface area contributed by atoms with E-state index >= 15 is 0 Å². The Hall–Kier alpha value is -1.10. The van der Waals surface area contributed by atoms with Crippen molar-refractivity contribution in [2.75, 3.05) is 18.5 Å². The molecule has 0 radical (unpaired) electrons. The van der Waals surface area contributed by atoms with Crippen molar-refractivity contribution in [2.45, 2.75) is 6.92 Å². The molecule has 0 aliphatic carbocycles. The topological polar surface area (TPSA) is 38.3 Å². The summed E-state index contributed by atoms with van der Waals surface area (Å²) in [5, 5.41) is 2.66. The highest BCUT2D eigenvalue weighted by Gasteiger charge is 2.05. The van der Waals surface area contributed by atoms with Gasteiger partial charge in [0.25, 0.3) is 0 Å². The first-order valence-corrected chi connectivity index (χ1v) is 5.27. The molecule has 0 amide bonds. The quantitative estimate of drug-likeness (QED) is 0.859. The van der Waals surface area contributed by atoms with Gasteiger partial charge in [-0.1, -0.05) is 15.9 Å². The third-order valence-electron chi connectivity index (χ3n) is 1.66. The van der Waals surface area contributed by atoms with Crippen LogP contribution in [0.4, 0.5) is 10.1 Å². The van der Waals surface area contributed by atoms with Crippen LogP contribution in [0.1, 0.15) is 6.92 Å². The Morgan fingerprint density at radius 1 is 1.60 bits per heavy atom. The number of nitrogens with one attached hydrogen (secondary N) is 1. The number of esters is 1. The molecule has 3 nitrogen and oxygen atoms in total. The summed E-state index contributed by atoms with van der Waals surface area (Å²) in [6, 6.07) is 4.47. The lowest BCUT2D eigenvalue weighted by molar-refractivity contribution is -0.140. The summed E-state index contributed by atoms with van der Waals surface area (Å²) >= 11 is 3.21. The lowest BCUT2D eigenvalue weighted by Crippen LogP contribution is -2.17. The molecule has 5 heteroatoms. The summed E-state index contributed by atoms with van der Waals surface area (Å²) in [7, 11) is 0. The molecule has 0 aliphatic rings. The van der Waals surface area contributed by atoms with E-state index in [9.17, 15) is 9.18 Å². The smallest absolute Gasteiger partial charge is 0.325 e. The number of halogens is 2. The number of hydrogen-bond acceptors (Lipinski definition) is 3. The van der Waals surface area contributed by atoms with Crippen molar-refractivity contribution in [3.8, 4) is 0 Å². The summed E-state index contributed by atoms with van der Waals surface area (Å²) in [5.41, 5.74) is 0.275. The van der Waals surface area contributed by atoms with Gasteiger partial charge in [0.1, 0.15) is 12.4 Å². The van der Waals surface area contributed by atoms with Crippen LogP contribution in [0.15, 0.2) is 22.7 Å². The van der Waals surface area contributed by atoms with Gasteiger partial charge in [0.2, 0.25) is 0 Å². The number of carbonyl (C=O) groups excluding carboxylic acids is 1. The van der Waals surface area contributed by atoms with Crippen molar-refractivity contribution in [1.82, 2.24) is 0 Å². The molecule has 0 fully saturated rings. The maximum atomic E-state index is 13.2. The molecule has 1 rings (SSSR count). The highest BCUT2D eigenvalue weighted by molar-refractivity contribution is 9.10. The van der Waals surface area contributed by atoms with E-state index < -0.39 is 11.8 Å². The molecule has 0 saturated heterocycles. The van der Waals surface area contributed by atoms with E-state index in [4.69, 9.17) is 4.74 Å². The number of hydrogen-bond donors (Lipinski definition) is 1. The van der Waals surface area contributed by atoms with Crippen LogP contribution in [0.5, 0.6) is 0 Å². The molecule has 1 N–H and O–H groups in total. The second-order valence-corrected chi connectivity index (χ2v) is 3.70. The fourth-order valence-electron chi connectivity index (χ4n) is 1.01. The molecule has 0 spiro atoms. The molecule has 0 saturated carbocycles. The Morgan fingerprint density at radius 2 is 2.33 bits per heavy atom. The average molecular weight is 276 g/mol. The molecule has 1 aromatic carbocycles. The molecular weight excluding hydrogens is 265 g/mol. The summed E-state index contributed by atoms with van der Waals surface area (Å²) < 4.78 is 18.6. The maximum Gasteiger partial charge on any atom is 0.325 e. The van der Waals surface area contributed by atoms with E-state index in [-0.39, 0.29) is 12.2 Å². The van der Waals surface area contributed by atoms with Crippen LogP contribution in [0, 0.1) is 5.82 Å². The predicted octanol–water partition coefficient (Wildman–Crippen LogP) is 2.56. The van der Waals surface area contributed by atoms with Gasteiger partial charge in [-0.15, -0.1) is 0 Å². The van der Waals surface area contributed by atoms with Crippen LogP contribution >= 0.6 is 15.9 Å². The highest BCUT2D eigenvalue weighted by Crippen LogP contribution is 2.19. The number of anilines is 1. The Kier molecular flexibility index (Phi) is 4.55. The summed E-state index contributed by atoms with van der Waals surface area (Å²) in [6.45, 7) is 2.00. The molecule has 0 aromatic heterocycles. The number of carbonyl (C=O) groups is 1. The average Bonchev–Trinajstić information content (AvgIpc) is 2.20. The third kappa shape index (κ3) is 3.87. The van der Waals surface area contributed by atoms with Gasteiger partial charge in [-0.05, 0) is 25.1 Å². The van der Waals surface area contributed by atoms with E-state index in [1.165, 1.54) is 6.07 Å². The van der Waals surface area contributed by atoms with E-state index in [0.29, 0.717) is 6.61 Å². The molecule has 15 heavy (non-hydrogen) atoms. The zero-order chi connectivity index (χ0) is 11.3. The van der Waals surface area contributed by atoms with Crippen LogP contribution in [0.3, 0.4) is 0 Å². The zero-order valence-corrected chi connectivity index (χ0v) is 9.80. The van der Waals surface area contributed by atoms with E-state index in [0.717, 1.165) is 4.47 Å². The number of rotatable bonds is 4. The monoisotopic (exact) mass is 275 g/mol. The minimum absolute atomic E-state index is 0.0405. The highest BCUT2D eigenvalue weighted by atomic mass is 79.9. The Balaban J connectivity index is 2.57. The second-order valence-electron chi connectivity index (χ2n) is 2.78. The van der Waals surface area contributed by atoms with Crippen LogP contribution in [0.25, 0.3) is 0 Å². The van der Waals surface area contributed by atoms with E-state index in [1.54, 1.807) is 19.1 Å². The summed E-state index contributed by atoms with van der Waals surface area (Å²) in [6.07, 6.45) is 0. The Bertz CT molecular complexity index is 357. The minimum atomic E-state index is -0.406. The van der Waals surface area contributed by atoms with Gasteiger partial charge in [-0.2, -0.15) is 0 Å². The standard InChI is InChI=1S/C10H11BrFNO2/c1-2-15-10(14)6-13-9-5-7(11)3-4-8(9)12/h3-5,13H,2,6H2,1H3. The van der Waals surface area contributed by atoms with Crippen molar-refractivity contribution < 1.29 is 13.9 Å². The molecule has 82 valence electrons. The van der Waals surface area contributed by atoms with Gasteiger partial charge in [0, 0.05) is 4.47 Å². The first-order chi connectivity index (χ1) is 7.13. The van der Waals surface area contributed by atoms with Crippen LogP contribution in [-0.4, -0.2) is 19.1 Å². The molecule has 0 aliphatic heterocycles. The van der Waals surface area contributed by atoms with Crippen molar-refractivity contribution in [1.29, 1.82) is 0 Å². The molecule has 1 aromatic rings. The maximum absolute atomic E-state index is 13.2. The van der Waals surface area contributed by atoms with Crippen LogP contribution in [0.2, 0.25) is 0 Å². The summed E-state index contributed by atoms with van der Waals surface area (Å²) in [4.78, 5) is 11.0. The predicted molar refractivity (Wildman–Crippen MR) is 59.2 cm³/mol. The SMILES string of the molecule is CCOC(=O)CNc1cc(Br)ccc1F. The summed E-state index contributed by atoms with van der Waals surface area (Å²) in [5.74, 6) is -0.806. The second kappa shape index (κ2) is 5.70. The van der Waals surface area contributed by atoms with Crippen LogP contribution in [-0.2, 0) is 9.53 Å². The fraction of sp³-hybridized carbons (Fsp3) is 0.300. The van der Waals surface area contributed by atoms with Crippen molar-refractivity contribution >= 4 is 27.6 Å². The number of ether oxygens (including phenoxy) is 1. The molecule has 0 unspecified atom stereocenters.